The van der Waals surface area contributed by atoms with Crippen molar-refractivity contribution in [3.63, 3.8) is 0 Å². The number of pyridine rings is 1. The first-order valence-electron chi connectivity index (χ1n) is 7.96. The molecule has 0 saturated carbocycles. The second-order valence-electron chi connectivity index (χ2n) is 5.61. The zero-order valence-electron chi connectivity index (χ0n) is 13.7. The number of rotatable bonds is 5. The van der Waals surface area contributed by atoms with Crippen LogP contribution in [0.15, 0.2) is 42.6 Å². The highest BCUT2D eigenvalue weighted by Gasteiger charge is 2.13. The molecule has 0 spiro atoms. The first kappa shape index (κ1) is 15.6. The standard InChI is InChI=1S/C18H23N3O2/c1-14(16-5-3-4-6-17(16)22-2)20-18-8-7-15(13-19-18)21-9-11-23-12-10-21/h3-8,13-14H,9-12H2,1-2H3,(H,19,20)/t14-/m0/s1. The second-order valence-corrected chi connectivity index (χ2v) is 5.61. The molecule has 1 fully saturated rings. The van der Waals surface area contributed by atoms with Gasteiger partial charge in [-0.05, 0) is 25.1 Å². The van der Waals surface area contributed by atoms with Crippen LogP contribution in [0.2, 0.25) is 0 Å². The smallest absolute Gasteiger partial charge is 0.126 e. The molecule has 2 heterocycles. The normalized spacial score (nSPS) is 16.0. The number of morpholine rings is 1. The predicted octanol–water partition coefficient (Wildman–Crippen LogP) is 3.10. The van der Waals surface area contributed by atoms with Crippen LogP contribution in [-0.4, -0.2) is 38.4 Å². The first-order chi connectivity index (χ1) is 11.3. The van der Waals surface area contributed by atoms with Gasteiger partial charge in [-0.15, -0.1) is 0 Å². The second kappa shape index (κ2) is 7.33. The fourth-order valence-electron chi connectivity index (χ4n) is 2.80. The SMILES string of the molecule is COc1ccccc1[C@H](C)Nc1ccc(N2CCOCC2)cn1. The van der Waals surface area contributed by atoms with Gasteiger partial charge in [-0.3, -0.25) is 0 Å². The summed E-state index contributed by atoms with van der Waals surface area (Å²) in [6.45, 7) is 5.52. The van der Waals surface area contributed by atoms with Crippen LogP contribution in [0, 0.1) is 0 Å². The van der Waals surface area contributed by atoms with Gasteiger partial charge < -0.3 is 19.7 Å². The molecule has 1 saturated heterocycles. The Hall–Kier alpha value is -2.27. The summed E-state index contributed by atoms with van der Waals surface area (Å²) >= 11 is 0. The molecule has 3 rings (SSSR count). The van der Waals surface area contributed by atoms with Crippen LogP contribution in [0.3, 0.4) is 0 Å². The van der Waals surface area contributed by atoms with Crippen molar-refractivity contribution >= 4 is 11.5 Å². The van der Waals surface area contributed by atoms with Crippen molar-refractivity contribution in [1.29, 1.82) is 0 Å². The van der Waals surface area contributed by atoms with Crippen molar-refractivity contribution in [2.45, 2.75) is 13.0 Å². The molecule has 1 aromatic carbocycles. The Labute approximate surface area is 137 Å². The van der Waals surface area contributed by atoms with Crippen molar-refractivity contribution in [2.75, 3.05) is 43.6 Å². The number of hydrogen-bond acceptors (Lipinski definition) is 5. The highest BCUT2D eigenvalue weighted by atomic mass is 16.5. The molecule has 0 aliphatic carbocycles. The Balaban J connectivity index is 1.68. The lowest BCUT2D eigenvalue weighted by Crippen LogP contribution is -2.36. The zero-order valence-corrected chi connectivity index (χ0v) is 13.7. The number of ether oxygens (including phenoxy) is 2. The van der Waals surface area contributed by atoms with Gasteiger partial charge in [0.1, 0.15) is 11.6 Å². The average molecular weight is 313 g/mol. The van der Waals surface area contributed by atoms with E-state index >= 15 is 0 Å². The van der Waals surface area contributed by atoms with E-state index in [0.717, 1.165) is 49.1 Å². The molecule has 1 atom stereocenters. The molecule has 1 aromatic heterocycles. The monoisotopic (exact) mass is 313 g/mol. The lowest BCUT2D eigenvalue weighted by Gasteiger charge is -2.28. The third-order valence-electron chi connectivity index (χ3n) is 4.09. The third kappa shape index (κ3) is 3.74. The van der Waals surface area contributed by atoms with Crippen LogP contribution < -0.4 is 15.0 Å². The Kier molecular flexibility index (Phi) is 4.98. The van der Waals surface area contributed by atoms with Crippen LogP contribution >= 0.6 is 0 Å². The van der Waals surface area contributed by atoms with Gasteiger partial charge in [-0.1, -0.05) is 18.2 Å². The summed E-state index contributed by atoms with van der Waals surface area (Å²) in [6.07, 6.45) is 1.92. The van der Waals surface area contributed by atoms with E-state index in [1.807, 2.05) is 30.5 Å². The molecule has 5 nitrogen and oxygen atoms in total. The maximum absolute atomic E-state index is 5.42. The van der Waals surface area contributed by atoms with Crippen molar-refractivity contribution in [2.24, 2.45) is 0 Å². The minimum atomic E-state index is 0.118. The lowest BCUT2D eigenvalue weighted by molar-refractivity contribution is 0.122. The number of nitrogens with one attached hydrogen (secondary N) is 1. The van der Waals surface area contributed by atoms with E-state index in [-0.39, 0.29) is 6.04 Å². The fraction of sp³-hybridized carbons (Fsp3) is 0.389. The first-order valence-corrected chi connectivity index (χ1v) is 7.96. The van der Waals surface area contributed by atoms with Crippen LogP contribution in [0.25, 0.3) is 0 Å². The quantitative estimate of drug-likeness (QED) is 0.919. The molecule has 1 aliphatic heterocycles. The molecular weight excluding hydrogens is 290 g/mol. The Morgan fingerprint density at radius 2 is 1.96 bits per heavy atom. The van der Waals surface area contributed by atoms with Gasteiger partial charge in [0.25, 0.3) is 0 Å². The zero-order chi connectivity index (χ0) is 16.1. The highest BCUT2D eigenvalue weighted by Crippen LogP contribution is 2.27. The van der Waals surface area contributed by atoms with Crippen LogP contribution in [-0.2, 0) is 4.74 Å². The van der Waals surface area contributed by atoms with Crippen molar-refractivity contribution in [1.82, 2.24) is 4.98 Å². The molecule has 0 unspecified atom stereocenters. The van der Waals surface area contributed by atoms with Gasteiger partial charge in [0.2, 0.25) is 0 Å². The van der Waals surface area contributed by atoms with Gasteiger partial charge in [0.15, 0.2) is 0 Å². The number of methoxy groups -OCH3 is 1. The Bertz CT molecular complexity index is 624. The summed E-state index contributed by atoms with van der Waals surface area (Å²) in [5.74, 6) is 1.75. The van der Waals surface area contributed by atoms with Crippen LogP contribution in [0.4, 0.5) is 11.5 Å². The van der Waals surface area contributed by atoms with E-state index in [9.17, 15) is 0 Å². The van der Waals surface area contributed by atoms with Crippen LogP contribution in [0.5, 0.6) is 5.75 Å². The number of nitrogens with zero attached hydrogens (tertiary/aromatic N) is 2. The lowest BCUT2D eigenvalue weighted by atomic mass is 10.1. The maximum Gasteiger partial charge on any atom is 0.126 e. The molecule has 1 N–H and O–H groups in total. The van der Waals surface area contributed by atoms with Crippen molar-refractivity contribution in [3.05, 3.63) is 48.2 Å². The molecule has 0 amide bonds. The summed E-state index contributed by atoms with van der Waals surface area (Å²) in [6, 6.07) is 12.3. The largest absolute Gasteiger partial charge is 0.496 e. The van der Waals surface area contributed by atoms with Gasteiger partial charge in [0, 0.05) is 18.7 Å². The van der Waals surface area contributed by atoms with Crippen LogP contribution in [0.1, 0.15) is 18.5 Å². The summed E-state index contributed by atoms with van der Waals surface area (Å²) in [4.78, 5) is 6.84. The topological polar surface area (TPSA) is 46.6 Å². The van der Waals surface area contributed by atoms with Gasteiger partial charge in [-0.2, -0.15) is 0 Å². The van der Waals surface area contributed by atoms with E-state index in [2.05, 4.69) is 34.3 Å². The summed E-state index contributed by atoms with van der Waals surface area (Å²) in [5.41, 5.74) is 2.26. The van der Waals surface area contributed by atoms with Gasteiger partial charge >= 0.3 is 0 Å². The number of aromatic nitrogens is 1. The Morgan fingerprint density at radius 1 is 1.17 bits per heavy atom. The summed E-state index contributed by atoms with van der Waals surface area (Å²) < 4.78 is 10.8. The highest BCUT2D eigenvalue weighted by molar-refractivity contribution is 5.51. The number of para-hydroxylation sites is 1. The third-order valence-corrected chi connectivity index (χ3v) is 4.09. The molecule has 2 aromatic rings. The van der Waals surface area contributed by atoms with E-state index < -0.39 is 0 Å². The molecule has 0 bridgehead atoms. The fourth-order valence-corrected chi connectivity index (χ4v) is 2.80. The van der Waals surface area contributed by atoms with Crippen molar-refractivity contribution in [3.8, 4) is 5.75 Å². The average Bonchev–Trinajstić information content (AvgIpc) is 2.63. The van der Waals surface area contributed by atoms with Gasteiger partial charge in [-0.25, -0.2) is 4.98 Å². The molecule has 5 heteroatoms. The van der Waals surface area contributed by atoms with E-state index in [4.69, 9.17) is 9.47 Å². The molecular formula is C18H23N3O2. The molecule has 0 radical (unpaired) electrons. The summed E-state index contributed by atoms with van der Waals surface area (Å²) in [5, 5.41) is 3.43. The summed E-state index contributed by atoms with van der Waals surface area (Å²) in [7, 11) is 1.70. The van der Waals surface area contributed by atoms with Crippen molar-refractivity contribution < 1.29 is 9.47 Å². The molecule has 23 heavy (non-hydrogen) atoms. The van der Waals surface area contributed by atoms with E-state index in [0.29, 0.717) is 0 Å². The molecule has 1 aliphatic rings. The Morgan fingerprint density at radius 3 is 2.65 bits per heavy atom. The van der Waals surface area contributed by atoms with E-state index in [1.165, 1.54) is 0 Å². The van der Waals surface area contributed by atoms with E-state index in [1.54, 1.807) is 7.11 Å². The number of benzene rings is 1. The molecule has 122 valence electrons. The predicted molar refractivity (Wildman–Crippen MR) is 92.3 cm³/mol. The minimum absolute atomic E-state index is 0.118. The maximum atomic E-state index is 5.42. The van der Waals surface area contributed by atoms with Gasteiger partial charge in [0.05, 0.1) is 38.2 Å². The minimum Gasteiger partial charge on any atom is -0.496 e. The number of hydrogen-bond donors (Lipinski definition) is 1. The number of anilines is 2.